The Morgan fingerprint density at radius 3 is 2.61 bits per heavy atom. The molecule has 2 aliphatic carbocycles. The second-order valence-corrected chi connectivity index (χ2v) is 7.52. The van der Waals surface area contributed by atoms with E-state index >= 15 is 0 Å². The molecule has 0 radical (unpaired) electrons. The average molecular weight is 318 g/mol. The van der Waals surface area contributed by atoms with Crippen molar-refractivity contribution in [2.75, 3.05) is 0 Å². The van der Waals surface area contributed by atoms with Gasteiger partial charge >= 0.3 is 5.97 Å². The first-order valence-corrected chi connectivity index (χ1v) is 8.75. The highest BCUT2D eigenvalue weighted by atomic mass is 16.4. The number of carboxylic acids is 1. The maximum Gasteiger partial charge on any atom is 0.333 e. The number of aliphatic hydroxyl groups excluding tert-OH is 1. The van der Waals surface area contributed by atoms with E-state index in [-0.39, 0.29) is 11.5 Å². The summed E-state index contributed by atoms with van der Waals surface area (Å²) < 4.78 is 0. The first kappa shape index (κ1) is 18.0. The summed E-state index contributed by atoms with van der Waals surface area (Å²) in [4.78, 5) is 11.7. The zero-order valence-corrected chi connectivity index (χ0v) is 14.6. The van der Waals surface area contributed by atoms with Crippen molar-refractivity contribution >= 4 is 5.97 Å². The molecule has 0 aromatic heterocycles. The monoisotopic (exact) mass is 318 g/mol. The molecule has 0 amide bonds. The standard InChI is InChI=1S/C20H30O3/c1-12(2)15-9-7-14(4)16-8-5-13(3)6-10-19(21)18(20(22)23)11-17(15)16/h6,11,14-17,19,21H,1,5,7-10H2,2-4H3,(H,22,23)/b13-6+,18-11-/t14-,15-,16+,17-,19-/m0/s1. The van der Waals surface area contributed by atoms with E-state index < -0.39 is 12.1 Å². The van der Waals surface area contributed by atoms with E-state index in [4.69, 9.17) is 0 Å². The number of rotatable bonds is 2. The Kier molecular flexibility index (Phi) is 5.85. The first-order valence-electron chi connectivity index (χ1n) is 8.75. The van der Waals surface area contributed by atoms with Crippen LogP contribution in [0, 0.1) is 23.7 Å². The van der Waals surface area contributed by atoms with Crippen LogP contribution in [0.25, 0.3) is 0 Å². The van der Waals surface area contributed by atoms with Gasteiger partial charge in [0, 0.05) is 0 Å². The van der Waals surface area contributed by atoms with Crippen molar-refractivity contribution in [3.8, 4) is 0 Å². The summed E-state index contributed by atoms with van der Waals surface area (Å²) >= 11 is 0. The van der Waals surface area contributed by atoms with Gasteiger partial charge in [-0.15, -0.1) is 0 Å². The van der Waals surface area contributed by atoms with Crippen molar-refractivity contribution in [3.63, 3.8) is 0 Å². The molecular formula is C20H30O3. The molecule has 3 nitrogen and oxygen atoms in total. The minimum absolute atomic E-state index is 0.159. The second-order valence-electron chi connectivity index (χ2n) is 7.52. The molecule has 0 aliphatic heterocycles. The highest BCUT2D eigenvalue weighted by Gasteiger charge is 2.37. The maximum absolute atomic E-state index is 11.7. The van der Waals surface area contributed by atoms with Gasteiger partial charge in [0.15, 0.2) is 0 Å². The predicted molar refractivity (Wildman–Crippen MR) is 93.0 cm³/mol. The molecule has 1 fully saturated rings. The topological polar surface area (TPSA) is 57.5 Å². The summed E-state index contributed by atoms with van der Waals surface area (Å²) in [5, 5.41) is 19.9. The smallest absolute Gasteiger partial charge is 0.333 e. The van der Waals surface area contributed by atoms with Crippen LogP contribution in [0.2, 0.25) is 0 Å². The number of carbonyl (C=O) groups is 1. The van der Waals surface area contributed by atoms with E-state index in [1.165, 1.54) is 12.0 Å². The van der Waals surface area contributed by atoms with Gasteiger partial charge in [0.05, 0.1) is 11.7 Å². The molecule has 0 bridgehead atoms. The zero-order valence-electron chi connectivity index (χ0n) is 14.6. The highest BCUT2D eigenvalue weighted by molar-refractivity contribution is 5.87. The van der Waals surface area contributed by atoms with Gasteiger partial charge in [-0.2, -0.15) is 0 Å². The van der Waals surface area contributed by atoms with Crippen LogP contribution in [0.5, 0.6) is 0 Å². The van der Waals surface area contributed by atoms with Crippen LogP contribution in [-0.2, 0) is 4.79 Å². The van der Waals surface area contributed by atoms with Gasteiger partial charge in [-0.3, -0.25) is 0 Å². The molecular weight excluding hydrogens is 288 g/mol. The van der Waals surface area contributed by atoms with E-state index in [0.29, 0.717) is 24.2 Å². The largest absolute Gasteiger partial charge is 0.478 e. The number of hydrogen-bond donors (Lipinski definition) is 2. The first-order chi connectivity index (χ1) is 10.8. The van der Waals surface area contributed by atoms with Gasteiger partial charge in [0.2, 0.25) is 0 Å². The van der Waals surface area contributed by atoms with Crippen LogP contribution in [0.4, 0.5) is 0 Å². The van der Waals surface area contributed by atoms with Gasteiger partial charge in [-0.05, 0) is 69.6 Å². The minimum Gasteiger partial charge on any atom is -0.478 e. The number of carboxylic acid groups (broad SMARTS) is 1. The van der Waals surface area contributed by atoms with Gasteiger partial charge in [0.25, 0.3) is 0 Å². The Morgan fingerprint density at radius 1 is 1.30 bits per heavy atom. The van der Waals surface area contributed by atoms with E-state index in [1.54, 1.807) is 0 Å². The molecule has 3 heteroatoms. The fourth-order valence-electron chi connectivity index (χ4n) is 4.29. The lowest BCUT2D eigenvalue weighted by Gasteiger charge is -2.42. The Labute approximate surface area is 139 Å². The summed E-state index contributed by atoms with van der Waals surface area (Å²) in [7, 11) is 0. The molecule has 1 saturated carbocycles. The maximum atomic E-state index is 11.7. The third kappa shape index (κ3) is 4.14. The molecule has 0 saturated heterocycles. The van der Waals surface area contributed by atoms with Gasteiger partial charge in [-0.1, -0.05) is 36.8 Å². The molecule has 128 valence electrons. The fourth-order valence-corrected chi connectivity index (χ4v) is 4.29. The molecule has 0 spiro atoms. The van der Waals surface area contributed by atoms with E-state index in [9.17, 15) is 15.0 Å². The van der Waals surface area contributed by atoms with E-state index in [0.717, 1.165) is 24.8 Å². The van der Waals surface area contributed by atoms with Crippen molar-refractivity contribution in [1.29, 1.82) is 0 Å². The summed E-state index contributed by atoms with van der Waals surface area (Å²) in [5.74, 6) is 0.519. The molecule has 5 atom stereocenters. The summed E-state index contributed by atoms with van der Waals surface area (Å²) in [5.41, 5.74) is 2.54. The molecule has 2 N–H and O–H groups in total. The van der Waals surface area contributed by atoms with Gasteiger partial charge in [0.1, 0.15) is 0 Å². The minimum atomic E-state index is -0.999. The van der Waals surface area contributed by atoms with Crippen LogP contribution < -0.4 is 0 Å². The van der Waals surface area contributed by atoms with Crippen LogP contribution in [0.1, 0.15) is 52.9 Å². The molecule has 0 aromatic carbocycles. The van der Waals surface area contributed by atoms with Crippen LogP contribution in [0.3, 0.4) is 0 Å². The Balaban J connectivity index is 2.47. The number of aliphatic carboxylic acids is 1. The van der Waals surface area contributed by atoms with Crippen molar-refractivity contribution in [1.82, 2.24) is 0 Å². The number of hydrogen-bond acceptors (Lipinski definition) is 2. The lowest BCUT2D eigenvalue weighted by molar-refractivity contribution is -0.133. The molecule has 0 unspecified atom stereocenters. The number of aliphatic hydroxyl groups is 1. The molecule has 2 rings (SSSR count). The summed E-state index contributed by atoms with van der Waals surface area (Å²) in [6, 6.07) is 0. The molecule has 23 heavy (non-hydrogen) atoms. The third-order valence-corrected chi connectivity index (χ3v) is 5.80. The summed E-state index contributed by atoms with van der Waals surface area (Å²) in [6.07, 6.45) is 7.65. The van der Waals surface area contributed by atoms with Crippen molar-refractivity contribution < 1.29 is 15.0 Å². The molecule has 0 aromatic rings. The van der Waals surface area contributed by atoms with Crippen LogP contribution in [-0.4, -0.2) is 22.3 Å². The van der Waals surface area contributed by atoms with E-state index in [1.807, 2.05) is 19.1 Å². The molecule has 2 aliphatic rings. The highest BCUT2D eigenvalue weighted by Crippen LogP contribution is 2.45. The Morgan fingerprint density at radius 2 is 2.00 bits per heavy atom. The van der Waals surface area contributed by atoms with Gasteiger partial charge in [-0.25, -0.2) is 4.79 Å². The predicted octanol–water partition coefficient (Wildman–Crippen LogP) is 4.34. The SMILES string of the molecule is C=C(C)[C@@H]1CC[C@H](C)[C@H]2CC/C(C)=C/C[C@H](O)/C(C(=O)O)=C/[C@H]21. The van der Waals surface area contributed by atoms with Crippen molar-refractivity contribution in [2.24, 2.45) is 23.7 Å². The number of fused-ring (bicyclic) bond motifs is 1. The molecule has 0 heterocycles. The fraction of sp³-hybridized carbons (Fsp3) is 0.650. The Hall–Kier alpha value is -1.35. The third-order valence-electron chi connectivity index (χ3n) is 5.80. The second kappa shape index (κ2) is 7.48. The van der Waals surface area contributed by atoms with Gasteiger partial charge < -0.3 is 10.2 Å². The number of allylic oxidation sites excluding steroid dienone is 3. The summed E-state index contributed by atoms with van der Waals surface area (Å²) in [6.45, 7) is 10.6. The van der Waals surface area contributed by atoms with Crippen LogP contribution in [0.15, 0.2) is 35.5 Å². The lowest BCUT2D eigenvalue weighted by atomic mass is 9.63. The van der Waals surface area contributed by atoms with E-state index in [2.05, 4.69) is 20.4 Å². The van der Waals surface area contributed by atoms with Crippen molar-refractivity contribution in [2.45, 2.75) is 59.0 Å². The van der Waals surface area contributed by atoms with Crippen LogP contribution >= 0.6 is 0 Å². The average Bonchev–Trinajstić information content (AvgIpc) is 2.48. The lowest BCUT2D eigenvalue weighted by Crippen LogP contribution is -2.34. The van der Waals surface area contributed by atoms with Crippen molar-refractivity contribution in [3.05, 3.63) is 35.5 Å². The zero-order chi connectivity index (χ0) is 17.1. The quantitative estimate of drug-likeness (QED) is 0.745. The normalized spacial score (nSPS) is 40.1. The Bertz CT molecular complexity index is 529.